The minimum Gasteiger partial charge on any atom is -0.338 e. The van der Waals surface area contributed by atoms with E-state index in [1.54, 1.807) is 12.4 Å². The third kappa shape index (κ3) is 3.13. The van der Waals surface area contributed by atoms with Crippen LogP contribution >= 0.6 is 11.6 Å². The smallest absolute Gasteiger partial charge is 0.139 e. The van der Waals surface area contributed by atoms with Crippen molar-refractivity contribution in [1.82, 2.24) is 20.4 Å². The van der Waals surface area contributed by atoms with Gasteiger partial charge < -0.3 is 5.32 Å². The molecule has 1 aromatic carbocycles. The van der Waals surface area contributed by atoms with E-state index in [2.05, 4.69) is 20.7 Å². The monoisotopic (exact) mass is 388 g/mol. The Morgan fingerprint density at radius 3 is 2.86 bits per heavy atom. The van der Waals surface area contributed by atoms with Crippen LogP contribution in [0.15, 0.2) is 66.0 Å². The number of benzene rings is 1. The summed E-state index contributed by atoms with van der Waals surface area (Å²) in [6.45, 7) is 1.37. The molecule has 6 nitrogen and oxygen atoms in total. The maximum atomic E-state index is 5.97. The quantitative estimate of drug-likeness (QED) is 0.707. The average molecular weight is 389 g/mol. The zero-order chi connectivity index (χ0) is 18.9. The molecule has 0 radical (unpaired) electrons. The highest BCUT2D eigenvalue weighted by molar-refractivity contribution is 6.30. The molecule has 2 aromatic heterocycles. The minimum atomic E-state index is 0.680. The summed E-state index contributed by atoms with van der Waals surface area (Å²) in [6.07, 6.45) is 7.24. The van der Waals surface area contributed by atoms with Gasteiger partial charge in [-0.15, -0.1) is 0 Å². The van der Waals surface area contributed by atoms with Gasteiger partial charge in [-0.2, -0.15) is 0 Å². The van der Waals surface area contributed by atoms with Crippen molar-refractivity contribution < 1.29 is 0 Å². The summed E-state index contributed by atoms with van der Waals surface area (Å²) in [4.78, 5) is 13.5. The molecule has 2 aliphatic rings. The Hall–Kier alpha value is -3.22. The molecule has 5 rings (SSSR count). The van der Waals surface area contributed by atoms with Gasteiger partial charge in [0.05, 0.1) is 24.1 Å². The molecule has 0 atom stereocenters. The molecule has 3 aromatic rings. The molecule has 0 bridgehead atoms. The van der Waals surface area contributed by atoms with Crippen molar-refractivity contribution in [2.75, 3.05) is 11.9 Å². The predicted molar refractivity (Wildman–Crippen MR) is 112 cm³/mol. The van der Waals surface area contributed by atoms with Crippen molar-refractivity contribution in [3.63, 3.8) is 0 Å². The number of nitrogens with zero attached hydrogens (tertiary/aromatic N) is 4. The van der Waals surface area contributed by atoms with E-state index >= 15 is 0 Å². The fourth-order valence-corrected chi connectivity index (χ4v) is 3.53. The fraction of sp³-hybridized carbons (Fsp3) is 0.0952. The first-order valence-corrected chi connectivity index (χ1v) is 9.34. The summed E-state index contributed by atoms with van der Waals surface area (Å²) in [5, 5.41) is 6.13. The van der Waals surface area contributed by atoms with Crippen LogP contribution < -0.4 is 10.7 Å². The Labute approximate surface area is 167 Å². The second-order valence-corrected chi connectivity index (χ2v) is 7.04. The van der Waals surface area contributed by atoms with E-state index in [-0.39, 0.29) is 0 Å². The Balaban J connectivity index is 1.46. The Morgan fingerprint density at radius 1 is 1.07 bits per heavy atom. The highest BCUT2D eigenvalue weighted by Crippen LogP contribution is 2.40. The highest BCUT2D eigenvalue weighted by Gasteiger charge is 2.25. The largest absolute Gasteiger partial charge is 0.338 e. The number of nitrogens with one attached hydrogen (secondary N) is 2. The Kier molecular flexibility index (Phi) is 4.27. The van der Waals surface area contributed by atoms with E-state index in [4.69, 9.17) is 16.6 Å². The van der Waals surface area contributed by atoms with Crippen LogP contribution in [0, 0.1) is 0 Å². The van der Waals surface area contributed by atoms with Gasteiger partial charge in [-0.05, 0) is 35.9 Å². The maximum Gasteiger partial charge on any atom is 0.139 e. The summed E-state index contributed by atoms with van der Waals surface area (Å²) >= 11 is 5.97. The normalized spacial score (nSPS) is 14.7. The molecule has 0 unspecified atom stereocenters. The number of hydrogen-bond donors (Lipinski definition) is 2. The van der Waals surface area contributed by atoms with E-state index in [0.29, 0.717) is 13.1 Å². The summed E-state index contributed by atoms with van der Waals surface area (Å²) in [5.41, 5.74) is 9.64. The fourth-order valence-electron chi connectivity index (χ4n) is 3.41. The summed E-state index contributed by atoms with van der Waals surface area (Å²) in [5.74, 6) is 0.793. The molecule has 138 valence electrons. The van der Waals surface area contributed by atoms with Crippen LogP contribution in [0.2, 0.25) is 5.02 Å². The van der Waals surface area contributed by atoms with Crippen LogP contribution in [0.3, 0.4) is 0 Å². The van der Waals surface area contributed by atoms with E-state index in [9.17, 15) is 0 Å². The summed E-state index contributed by atoms with van der Waals surface area (Å²) in [6, 6.07) is 13.8. The maximum absolute atomic E-state index is 5.97. The molecule has 0 fully saturated rings. The third-order valence-electron chi connectivity index (χ3n) is 4.80. The van der Waals surface area contributed by atoms with Crippen molar-refractivity contribution >= 4 is 40.7 Å². The first kappa shape index (κ1) is 16.9. The van der Waals surface area contributed by atoms with E-state index in [1.165, 1.54) is 0 Å². The molecule has 2 N–H and O–H groups in total. The zero-order valence-electron chi connectivity index (χ0n) is 14.9. The van der Waals surface area contributed by atoms with E-state index in [1.807, 2.05) is 60.0 Å². The van der Waals surface area contributed by atoms with Crippen LogP contribution in [0.1, 0.15) is 16.7 Å². The summed E-state index contributed by atoms with van der Waals surface area (Å²) < 4.78 is 0. The summed E-state index contributed by atoms with van der Waals surface area (Å²) in [7, 11) is 0. The Bertz CT molecular complexity index is 1090. The number of halogens is 1. The standard InChI is InChI=1S/C21H17ClN6/c22-15-5-3-14(4-6-15)10-26-28-12-18-16-7-9-23-11-19(16)27-21-17(2-1-8-24-21)20(18)25-13-28/h1-9,11,13,26H,10,12H2,(H,24,27). The van der Waals surface area contributed by atoms with Crippen molar-refractivity contribution in [3.05, 3.63) is 82.8 Å². The predicted octanol–water partition coefficient (Wildman–Crippen LogP) is 4.10. The number of aromatic nitrogens is 2. The molecule has 0 aliphatic carbocycles. The van der Waals surface area contributed by atoms with E-state index in [0.717, 1.165) is 44.5 Å². The molecule has 7 heteroatoms. The third-order valence-corrected chi connectivity index (χ3v) is 5.05. The molecule has 0 saturated heterocycles. The number of anilines is 2. The van der Waals surface area contributed by atoms with Gasteiger partial charge in [0.1, 0.15) is 12.2 Å². The van der Waals surface area contributed by atoms with Gasteiger partial charge in [0, 0.05) is 40.7 Å². The number of pyridine rings is 2. The molecule has 0 spiro atoms. The number of rotatable bonds is 3. The molecule has 2 aliphatic heterocycles. The van der Waals surface area contributed by atoms with Crippen LogP contribution in [0.4, 0.5) is 11.5 Å². The topological polar surface area (TPSA) is 65.4 Å². The first-order chi connectivity index (χ1) is 13.8. The van der Waals surface area contributed by atoms with Crippen molar-refractivity contribution in [1.29, 1.82) is 0 Å². The lowest BCUT2D eigenvalue weighted by atomic mass is 10.0. The van der Waals surface area contributed by atoms with E-state index < -0.39 is 0 Å². The van der Waals surface area contributed by atoms with Gasteiger partial charge in [0.15, 0.2) is 0 Å². The van der Waals surface area contributed by atoms with Gasteiger partial charge in [-0.25, -0.2) is 15.4 Å². The minimum absolute atomic E-state index is 0.680. The average Bonchev–Trinajstić information content (AvgIpc) is 2.88. The Morgan fingerprint density at radius 2 is 1.96 bits per heavy atom. The molecular formula is C21H17ClN6. The number of hydrogen-bond acceptors (Lipinski definition) is 6. The molecule has 28 heavy (non-hydrogen) atoms. The lowest BCUT2D eigenvalue weighted by molar-refractivity contribution is 0.344. The lowest BCUT2D eigenvalue weighted by Crippen LogP contribution is -2.39. The second-order valence-electron chi connectivity index (χ2n) is 6.61. The second kappa shape index (κ2) is 7.07. The van der Waals surface area contributed by atoms with Crippen LogP contribution in [-0.4, -0.2) is 27.9 Å². The van der Waals surface area contributed by atoms with Gasteiger partial charge in [0.2, 0.25) is 0 Å². The molecular weight excluding hydrogens is 372 g/mol. The lowest BCUT2D eigenvalue weighted by Gasteiger charge is -2.27. The van der Waals surface area contributed by atoms with Crippen molar-refractivity contribution in [3.8, 4) is 0 Å². The molecule has 0 amide bonds. The first-order valence-electron chi connectivity index (χ1n) is 8.97. The number of fused-ring (bicyclic) bond motifs is 4. The number of aliphatic imine (C=N–C) groups is 1. The number of hydrazine groups is 1. The van der Waals surface area contributed by atoms with Crippen LogP contribution in [0.25, 0.3) is 11.3 Å². The van der Waals surface area contributed by atoms with Crippen molar-refractivity contribution in [2.45, 2.75) is 6.54 Å². The van der Waals surface area contributed by atoms with Gasteiger partial charge in [-0.1, -0.05) is 23.7 Å². The van der Waals surface area contributed by atoms with Gasteiger partial charge in [0.25, 0.3) is 0 Å². The van der Waals surface area contributed by atoms with Gasteiger partial charge in [-0.3, -0.25) is 9.99 Å². The molecule has 0 saturated carbocycles. The van der Waals surface area contributed by atoms with Gasteiger partial charge >= 0.3 is 0 Å². The van der Waals surface area contributed by atoms with Crippen LogP contribution in [-0.2, 0) is 6.54 Å². The van der Waals surface area contributed by atoms with Crippen LogP contribution in [0.5, 0.6) is 0 Å². The zero-order valence-corrected chi connectivity index (χ0v) is 15.7. The SMILES string of the molecule is Clc1ccc(CNN2C=NC3=C(C2)c2ccncc2Nc2ncccc23)cc1. The molecule has 4 heterocycles. The van der Waals surface area contributed by atoms with Crippen molar-refractivity contribution in [2.24, 2.45) is 4.99 Å². The highest BCUT2D eigenvalue weighted by atomic mass is 35.5.